The molecule has 0 radical (unpaired) electrons. The van der Waals surface area contributed by atoms with Gasteiger partial charge >= 0.3 is 0 Å². The quantitative estimate of drug-likeness (QED) is 0.384. The fraction of sp³-hybridized carbons (Fsp3) is 0. The fourth-order valence-corrected chi connectivity index (χ4v) is 6.33. The molecule has 4 heteroatoms. The van der Waals surface area contributed by atoms with E-state index in [0.29, 0.717) is 0 Å². The molecule has 134 valence electrons. The summed E-state index contributed by atoms with van der Waals surface area (Å²) in [5.41, 5.74) is 9.42. The van der Waals surface area contributed by atoms with E-state index in [1.165, 1.54) is 54.0 Å². The van der Waals surface area contributed by atoms with E-state index in [1.807, 2.05) is 23.7 Å². The van der Waals surface area contributed by atoms with Crippen LogP contribution in [0.25, 0.3) is 20.5 Å². The third kappa shape index (κ3) is 1.94. The molecule has 0 fully saturated rings. The van der Waals surface area contributed by atoms with Gasteiger partial charge in [0.2, 0.25) is 6.71 Å². The number of aromatic nitrogens is 1. The number of anilines is 3. The molecule has 0 atom stereocenters. The number of rotatable bonds is 1. The summed E-state index contributed by atoms with van der Waals surface area (Å²) in [7, 11) is 0. The molecule has 7 rings (SSSR count). The van der Waals surface area contributed by atoms with Gasteiger partial charge in [-0.2, -0.15) is 0 Å². The van der Waals surface area contributed by atoms with Crippen molar-refractivity contribution in [3.63, 3.8) is 0 Å². The van der Waals surface area contributed by atoms with Crippen LogP contribution in [0.5, 0.6) is 0 Å². The molecule has 0 amide bonds. The van der Waals surface area contributed by atoms with E-state index in [1.54, 1.807) is 0 Å². The van der Waals surface area contributed by atoms with Gasteiger partial charge in [0.1, 0.15) is 0 Å². The second-order valence-corrected chi connectivity index (χ2v) is 8.67. The van der Waals surface area contributed by atoms with Crippen molar-refractivity contribution in [2.75, 3.05) is 4.90 Å². The topological polar surface area (TPSA) is 16.1 Å². The van der Waals surface area contributed by atoms with Crippen LogP contribution in [0, 0.1) is 0 Å². The molecule has 0 saturated carbocycles. The van der Waals surface area contributed by atoms with Gasteiger partial charge in [-0.15, -0.1) is 11.3 Å². The number of hydrogen-bond acceptors (Lipinski definition) is 3. The summed E-state index contributed by atoms with van der Waals surface area (Å²) in [5, 5.41) is 1.34. The highest BCUT2D eigenvalue weighted by molar-refractivity contribution is 7.27. The molecule has 3 aromatic carbocycles. The van der Waals surface area contributed by atoms with Gasteiger partial charge in [-0.1, -0.05) is 48.5 Å². The predicted molar refractivity (Wildman–Crippen MR) is 124 cm³/mol. The average Bonchev–Trinajstić information content (AvgIpc) is 3.31. The minimum absolute atomic E-state index is 0.281. The van der Waals surface area contributed by atoms with Gasteiger partial charge in [0.15, 0.2) is 0 Å². The summed E-state index contributed by atoms with van der Waals surface area (Å²) in [6.07, 6.45) is 3.93. The zero-order valence-corrected chi connectivity index (χ0v) is 16.4. The lowest BCUT2D eigenvalue weighted by atomic mass is 9.37. The molecule has 2 aliphatic heterocycles. The standard InChI is InChI=1S/C25H15BN2S/c1-2-7-16(8-3-1)28-20-11-5-4-10-19(20)26-23-18(9-6-12-21(23)28)25-24(26)17-13-14-27-15-22(17)29-25/h1-15H. The Morgan fingerprint density at radius 2 is 1.59 bits per heavy atom. The number of thiophene rings is 1. The summed E-state index contributed by atoms with van der Waals surface area (Å²) in [5.74, 6) is 0. The van der Waals surface area contributed by atoms with Gasteiger partial charge in [0, 0.05) is 34.3 Å². The largest absolute Gasteiger partial charge is 0.312 e. The summed E-state index contributed by atoms with van der Waals surface area (Å²) in [6, 6.07) is 28.5. The molecule has 0 saturated heterocycles. The van der Waals surface area contributed by atoms with Crippen LogP contribution in [0.2, 0.25) is 0 Å². The van der Waals surface area contributed by atoms with E-state index in [2.05, 4.69) is 88.7 Å². The Hall–Kier alpha value is -3.37. The van der Waals surface area contributed by atoms with Gasteiger partial charge in [0.25, 0.3) is 0 Å². The molecule has 0 spiro atoms. The Labute approximate surface area is 173 Å². The first-order valence-corrected chi connectivity index (χ1v) is 10.7. The second kappa shape index (κ2) is 5.59. The highest BCUT2D eigenvalue weighted by Gasteiger charge is 2.44. The number of benzene rings is 3. The maximum Gasteiger partial charge on any atom is 0.250 e. The number of fused-ring (bicyclic) bond motifs is 7. The Morgan fingerprint density at radius 1 is 0.759 bits per heavy atom. The molecule has 4 heterocycles. The monoisotopic (exact) mass is 386 g/mol. The molecule has 0 bridgehead atoms. The van der Waals surface area contributed by atoms with Crippen molar-refractivity contribution in [3.8, 4) is 10.4 Å². The fourth-order valence-electron chi connectivity index (χ4n) is 5.08. The summed E-state index contributed by atoms with van der Waals surface area (Å²) < 4.78 is 1.27. The maximum absolute atomic E-state index is 4.36. The first-order chi connectivity index (χ1) is 14.4. The van der Waals surface area contributed by atoms with Crippen molar-refractivity contribution in [2.24, 2.45) is 0 Å². The second-order valence-electron chi connectivity index (χ2n) is 7.62. The Morgan fingerprint density at radius 3 is 2.52 bits per heavy atom. The normalized spacial score (nSPS) is 13.4. The molecule has 5 aromatic rings. The van der Waals surface area contributed by atoms with Crippen LogP contribution in [0.4, 0.5) is 17.1 Å². The summed E-state index contributed by atoms with van der Waals surface area (Å²) in [4.78, 5) is 8.19. The van der Waals surface area contributed by atoms with Crippen molar-refractivity contribution >= 4 is 61.6 Å². The Kier molecular flexibility index (Phi) is 2.99. The van der Waals surface area contributed by atoms with E-state index in [-0.39, 0.29) is 6.71 Å². The molecule has 2 aromatic heterocycles. The molecular formula is C25H15BN2S. The number of pyridine rings is 1. The van der Waals surface area contributed by atoms with Crippen LogP contribution in [-0.4, -0.2) is 11.7 Å². The minimum Gasteiger partial charge on any atom is -0.312 e. The lowest BCUT2D eigenvalue weighted by Gasteiger charge is -2.35. The highest BCUT2D eigenvalue weighted by Crippen LogP contribution is 2.43. The maximum atomic E-state index is 4.36. The van der Waals surface area contributed by atoms with Gasteiger partial charge in [0.05, 0.1) is 4.70 Å². The SMILES string of the molecule is c1ccc(N2c3ccccc3B3c4c(cccc42)-c2sc4cnccc4c23)cc1. The summed E-state index contributed by atoms with van der Waals surface area (Å²) >= 11 is 1.88. The van der Waals surface area contributed by atoms with Crippen LogP contribution in [0.15, 0.2) is 91.3 Å². The van der Waals surface area contributed by atoms with Crippen LogP contribution in [0.3, 0.4) is 0 Å². The van der Waals surface area contributed by atoms with Gasteiger partial charge in [-0.25, -0.2) is 0 Å². The highest BCUT2D eigenvalue weighted by atomic mass is 32.1. The third-order valence-electron chi connectivity index (χ3n) is 6.18. The van der Waals surface area contributed by atoms with E-state index in [4.69, 9.17) is 0 Å². The molecule has 2 nitrogen and oxygen atoms in total. The van der Waals surface area contributed by atoms with Crippen LogP contribution < -0.4 is 21.3 Å². The van der Waals surface area contributed by atoms with E-state index < -0.39 is 0 Å². The smallest absolute Gasteiger partial charge is 0.250 e. The number of hydrogen-bond donors (Lipinski definition) is 0. The van der Waals surface area contributed by atoms with E-state index in [0.717, 1.165) is 0 Å². The minimum atomic E-state index is 0.281. The van der Waals surface area contributed by atoms with Crippen molar-refractivity contribution in [2.45, 2.75) is 0 Å². The molecule has 0 aliphatic carbocycles. The van der Waals surface area contributed by atoms with E-state index in [9.17, 15) is 0 Å². The third-order valence-corrected chi connectivity index (χ3v) is 7.37. The predicted octanol–water partition coefficient (Wildman–Crippen LogP) is 4.58. The first-order valence-electron chi connectivity index (χ1n) is 9.85. The molecule has 0 N–H and O–H groups in total. The molecule has 0 unspecified atom stereocenters. The molecular weight excluding hydrogens is 371 g/mol. The van der Waals surface area contributed by atoms with Crippen molar-refractivity contribution < 1.29 is 0 Å². The van der Waals surface area contributed by atoms with Crippen LogP contribution >= 0.6 is 11.3 Å². The Balaban J connectivity index is 1.62. The van der Waals surface area contributed by atoms with Gasteiger partial charge in [-0.05, 0) is 57.7 Å². The zero-order valence-electron chi connectivity index (χ0n) is 15.5. The van der Waals surface area contributed by atoms with Gasteiger partial charge < -0.3 is 4.90 Å². The zero-order chi connectivity index (χ0) is 18.9. The number of para-hydroxylation sites is 2. The van der Waals surface area contributed by atoms with Crippen molar-refractivity contribution in [1.82, 2.24) is 4.98 Å². The number of nitrogens with zero attached hydrogens (tertiary/aromatic N) is 2. The van der Waals surface area contributed by atoms with Crippen LogP contribution in [0.1, 0.15) is 0 Å². The van der Waals surface area contributed by atoms with Crippen molar-refractivity contribution in [3.05, 3.63) is 91.3 Å². The van der Waals surface area contributed by atoms with Crippen molar-refractivity contribution in [1.29, 1.82) is 0 Å². The van der Waals surface area contributed by atoms with E-state index >= 15 is 0 Å². The Bertz CT molecular complexity index is 1420. The lowest BCUT2D eigenvalue weighted by Crippen LogP contribution is -2.54. The average molecular weight is 386 g/mol. The first kappa shape index (κ1) is 15.5. The van der Waals surface area contributed by atoms with Crippen LogP contribution in [-0.2, 0) is 0 Å². The van der Waals surface area contributed by atoms with Gasteiger partial charge in [-0.3, -0.25) is 4.98 Å². The summed E-state index contributed by atoms with van der Waals surface area (Å²) in [6.45, 7) is 0.281. The molecule has 29 heavy (non-hydrogen) atoms. The lowest BCUT2D eigenvalue weighted by molar-refractivity contribution is 1.30. The molecule has 2 aliphatic rings.